The first kappa shape index (κ1) is 16.5. The first-order valence-electron chi connectivity index (χ1n) is 7.14. The van der Waals surface area contributed by atoms with E-state index in [1.165, 1.54) is 19.8 Å². The predicted octanol–water partition coefficient (Wildman–Crippen LogP) is 3.06. The molecule has 0 aliphatic rings. The lowest BCUT2D eigenvalue weighted by Gasteiger charge is -2.14. The van der Waals surface area contributed by atoms with Gasteiger partial charge >= 0.3 is 5.97 Å². The van der Waals surface area contributed by atoms with Crippen LogP contribution in [0.15, 0.2) is 24.3 Å². The van der Waals surface area contributed by atoms with Crippen LogP contribution in [0.2, 0.25) is 0 Å². The monoisotopic (exact) mass is 279 g/mol. The molecule has 0 saturated carbocycles. The van der Waals surface area contributed by atoms with E-state index in [1.807, 2.05) is 24.3 Å². The molecule has 0 aromatic heterocycles. The molecule has 0 bridgehead atoms. The molecule has 0 aliphatic carbocycles. The van der Waals surface area contributed by atoms with E-state index in [-0.39, 0.29) is 18.6 Å². The van der Waals surface area contributed by atoms with E-state index in [0.717, 1.165) is 17.9 Å². The molecule has 1 aromatic rings. The van der Waals surface area contributed by atoms with Crippen molar-refractivity contribution < 1.29 is 14.3 Å². The number of carbonyl (C=O) groups excluding carboxylic acids is 1. The molecule has 2 N–H and O–H groups in total. The first-order valence-corrected chi connectivity index (χ1v) is 7.14. The Bertz CT molecular complexity index is 403. The van der Waals surface area contributed by atoms with Crippen LogP contribution in [0, 0.1) is 5.92 Å². The molecular weight excluding hydrogens is 254 g/mol. The van der Waals surface area contributed by atoms with E-state index in [1.54, 1.807) is 0 Å². The average Bonchev–Trinajstić information content (AvgIpc) is 2.43. The van der Waals surface area contributed by atoms with Crippen molar-refractivity contribution in [2.24, 2.45) is 11.7 Å². The lowest BCUT2D eigenvalue weighted by atomic mass is 10.1. The summed E-state index contributed by atoms with van der Waals surface area (Å²) in [5, 5.41) is 0. The van der Waals surface area contributed by atoms with Gasteiger partial charge in [0.1, 0.15) is 12.4 Å². The van der Waals surface area contributed by atoms with Crippen molar-refractivity contribution in [2.45, 2.75) is 39.7 Å². The summed E-state index contributed by atoms with van der Waals surface area (Å²) in [6, 6.07) is 7.33. The van der Waals surface area contributed by atoms with E-state index in [9.17, 15) is 4.79 Å². The lowest BCUT2D eigenvalue weighted by molar-refractivity contribution is -0.141. The fourth-order valence-electron chi connectivity index (χ4n) is 1.93. The minimum absolute atomic E-state index is 0.197. The van der Waals surface area contributed by atoms with E-state index >= 15 is 0 Å². The van der Waals surface area contributed by atoms with E-state index in [0.29, 0.717) is 5.92 Å². The maximum absolute atomic E-state index is 10.7. The van der Waals surface area contributed by atoms with Crippen molar-refractivity contribution in [1.29, 1.82) is 0 Å². The molecule has 1 aromatic carbocycles. The second-order valence-electron chi connectivity index (χ2n) is 5.18. The largest absolute Gasteiger partial charge is 0.493 e. The normalized spacial score (nSPS) is 13.6. The molecule has 0 spiro atoms. The van der Waals surface area contributed by atoms with Crippen molar-refractivity contribution in [3.8, 4) is 5.75 Å². The van der Waals surface area contributed by atoms with Crippen LogP contribution in [-0.2, 0) is 9.53 Å². The molecule has 20 heavy (non-hydrogen) atoms. The van der Waals surface area contributed by atoms with Crippen LogP contribution in [0.1, 0.15) is 45.2 Å². The number of carbonyl (C=O) groups is 1. The fourth-order valence-corrected chi connectivity index (χ4v) is 1.93. The number of ether oxygens (including phenoxy) is 2. The molecule has 0 amide bonds. The zero-order valence-corrected chi connectivity index (χ0v) is 12.6. The Kier molecular flexibility index (Phi) is 7.09. The molecule has 1 rings (SSSR count). The van der Waals surface area contributed by atoms with Gasteiger partial charge in [-0.2, -0.15) is 0 Å². The van der Waals surface area contributed by atoms with Crippen LogP contribution in [0.25, 0.3) is 0 Å². The van der Waals surface area contributed by atoms with Gasteiger partial charge in [-0.3, -0.25) is 4.79 Å². The van der Waals surface area contributed by atoms with Gasteiger partial charge in [0, 0.05) is 6.92 Å². The van der Waals surface area contributed by atoms with Gasteiger partial charge in [-0.25, -0.2) is 0 Å². The van der Waals surface area contributed by atoms with Gasteiger partial charge < -0.3 is 15.2 Å². The van der Waals surface area contributed by atoms with Gasteiger partial charge in [0.05, 0.1) is 12.6 Å². The molecule has 4 heteroatoms. The fraction of sp³-hybridized carbons (Fsp3) is 0.562. The molecule has 4 nitrogen and oxygen atoms in total. The summed E-state index contributed by atoms with van der Waals surface area (Å²) in [4.78, 5) is 10.7. The number of nitrogens with two attached hydrogens (primary N) is 1. The average molecular weight is 279 g/mol. The van der Waals surface area contributed by atoms with Gasteiger partial charge in [-0.15, -0.1) is 0 Å². The van der Waals surface area contributed by atoms with Crippen molar-refractivity contribution in [3.63, 3.8) is 0 Å². The zero-order chi connectivity index (χ0) is 15.0. The number of esters is 1. The summed E-state index contributed by atoms with van der Waals surface area (Å²) in [5.41, 5.74) is 6.87. The minimum atomic E-state index is -0.315. The van der Waals surface area contributed by atoms with E-state index in [4.69, 9.17) is 15.2 Å². The summed E-state index contributed by atoms with van der Waals surface area (Å²) in [6.45, 7) is 6.67. The smallest absolute Gasteiger partial charge is 0.302 e. The van der Waals surface area contributed by atoms with Gasteiger partial charge in [-0.05, 0) is 30.0 Å². The number of hydrogen-bond donors (Lipinski definition) is 1. The SMILES string of the molecule is CCCC(C)COc1ccc([C@H](N)COC(C)=O)cc1. The highest BCUT2D eigenvalue weighted by Crippen LogP contribution is 2.18. The van der Waals surface area contributed by atoms with Crippen LogP contribution >= 0.6 is 0 Å². The van der Waals surface area contributed by atoms with E-state index < -0.39 is 0 Å². The van der Waals surface area contributed by atoms with Crippen LogP contribution in [0.5, 0.6) is 5.75 Å². The Balaban J connectivity index is 2.45. The summed E-state index contributed by atoms with van der Waals surface area (Å²) in [5.74, 6) is 1.09. The molecule has 0 saturated heterocycles. The maximum atomic E-state index is 10.7. The van der Waals surface area contributed by atoms with Crippen LogP contribution in [-0.4, -0.2) is 19.2 Å². The van der Waals surface area contributed by atoms with Crippen molar-refractivity contribution in [1.82, 2.24) is 0 Å². The standard InChI is InChI=1S/C16H25NO3/c1-4-5-12(2)10-20-15-8-6-14(7-9-15)16(17)11-19-13(3)18/h6-9,12,16H,4-5,10-11,17H2,1-3H3/t12?,16-/m1/s1. The third-order valence-electron chi connectivity index (χ3n) is 3.09. The number of hydrogen-bond acceptors (Lipinski definition) is 4. The molecule has 0 radical (unpaired) electrons. The molecule has 1 unspecified atom stereocenters. The van der Waals surface area contributed by atoms with Crippen molar-refractivity contribution in [3.05, 3.63) is 29.8 Å². The Morgan fingerprint density at radius 2 is 1.90 bits per heavy atom. The predicted molar refractivity (Wildman–Crippen MR) is 79.6 cm³/mol. The number of benzene rings is 1. The van der Waals surface area contributed by atoms with Crippen LogP contribution in [0.4, 0.5) is 0 Å². The van der Waals surface area contributed by atoms with Gasteiger partial charge in [0.2, 0.25) is 0 Å². The molecule has 2 atom stereocenters. The van der Waals surface area contributed by atoms with Crippen LogP contribution < -0.4 is 10.5 Å². The summed E-state index contributed by atoms with van der Waals surface area (Å²) in [6.07, 6.45) is 2.35. The Morgan fingerprint density at radius 3 is 2.45 bits per heavy atom. The molecular formula is C16H25NO3. The molecule has 0 fully saturated rings. The van der Waals surface area contributed by atoms with E-state index in [2.05, 4.69) is 13.8 Å². The van der Waals surface area contributed by atoms with Crippen molar-refractivity contribution >= 4 is 5.97 Å². The zero-order valence-electron chi connectivity index (χ0n) is 12.6. The first-order chi connectivity index (χ1) is 9.52. The summed E-state index contributed by atoms with van der Waals surface area (Å²) in [7, 11) is 0. The quantitative estimate of drug-likeness (QED) is 0.743. The minimum Gasteiger partial charge on any atom is -0.493 e. The van der Waals surface area contributed by atoms with Crippen LogP contribution in [0.3, 0.4) is 0 Å². The second kappa shape index (κ2) is 8.59. The highest BCUT2D eigenvalue weighted by molar-refractivity contribution is 5.65. The van der Waals surface area contributed by atoms with Gasteiger partial charge in [-0.1, -0.05) is 32.4 Å². The highest BCUT2D eigenvalue weighted by Gasteiger charge is 2.08. The maximum Gasteiger partial charge on any atom is 0.302 e. The van der Waals surface area contributed by atoms with Crippen molar-refractivity contribution in [2.75, 3.05) is 13.2 Å². The van der Waals surface area contributed by atoms with Gasteiger partial charge in [0.25, 0.3) is 0 Å². The van der Waals surface area contributed by atoms with Gasteiger partial charge in [0.15, 0.2) is 0 Å². The summed E-state index contributed by atoms with van der Waals surface area (Å²) < 4.78 is 10.6. The topological polar surface area (TPSA) is 61.6 Å². The Labute approximate surface area is 121 Å². The molecule has 112 valence electrons. The lowest BCUT2D eigenvalue weighted by Crippen LogP contribution is -2.18. The Morgan fingerprint density at radius 1 is 1.25 bits per heavy atom. The number of rotatable bonds is 8. The third kappa shape index (κ3) is 6.06. The second-order valence-corrected chi connectivity index (χ2v) is 5.18. The molecule has 0 aliphatic heterocycles. The third-order valence-corrected chi connectivity index (χ3v) is 3.09. The summed E-state index contributed by atoms with van der Waals surface area (Å²) >= 11 is 0. The molecule has 0 heterocycles. The Hall–Kier alpha value is -1.55. The highest BCUT2D eigenvalue weighted by atomic mass is 16.5.